The average Bonchev–Trinajstić information content (AvgIpc) is 3.50. The Hall–Kier alpha value is -3.36. The van der Waals surface area contributed by atoms with Crippen molar-refractivity contribution in [3.63, 3.8) is 0 Å². The summed E-state index contributed by atoms with van der Waals surface area (Å²) >= 11 is 3.18. The Morgan fingerprint density at radius 2 is 1.91 bits per heavy atom. The lowest BCUT2D eigenvalue weighted by Crippen LogP contribution is -2.10. The molecule has 0 radical (unpaired) electrons. The van der Waals surface area contributed by atoms with Gasteiger partial charge in [-0.05, 0) is 48.2 Å². The minimum Gasteiger partial charge on any atom is -0.487 e. The SMILES string of the molecule is CSc1ccc(Oc2cc(OCc3ccccc3)c3[nH]c(C4=NCC(CC(=O)O)S4)cc3c2)cc1. The molecule has 1 aliphatic heterocycles. The molecule has 0 fully saturated rings. The molecule has 0 bridgehead atoms. The van der Waals surface area contributed by atoms with Gasteiger partial charge in [-0.2, -0.15) is 0 Å². The van der Waals surface area contributed by atoms with Crippen molar-refractivity contribution in [2.75, 3.05) is 12.8 Å². The Bertz CT molecular complexity index is 1370. The van der Waals surface area contributed by atoms with Crippen LogP contribution >= 0.6 is 23.5 Å². The van der Waals surface area contributed by atoms with E-state index >= 15 is 0 Å². The summed E-state index contributed by atoms with van der Waals surface area (Å²) in [6, 6.07) is 23.9. The third-order valence-electron chi connectivity index (χ3n) is 5.55. The van der Waals surface area contributed by atoms with Gasteiger partial charge in [-0.25, -0.2) is 0 Å². The van der Waals surface area contributed by atoms with E-state index in [1.165, 1.54) is 16.7 Å². The molecular formula is C27H24N2O4S2. The van der Waals surface area contributed by atoms with Gasteiger partial charge in [-0.3, -0.25) is 9.79 Å². The topological polar surface area (TPSA) is 83.9 Å². The van der Waals surface area contributed by atoms with Gasteiger partial charge in [0.2, 0.25) is 0 Å². The summed E-state index contributed by atoms with van der Waals surface area (Å²) in [6.45, 7) is 0.923. The molecule has 3 aromatic carbocycles. The van der Waals surface area contributed by atoms with Crippen LogP contribution in [0.2, 0.25) is 0 Å². The molecule has 178 valence electrons. The van der Waals surface area contributed by atoms with Crippen LogP contribution in [0.3, 0.4) is 0 Å². The molecule has 0 amide bonds. The molecule has 8 heteroatoms. The zero-order chi connectivity index (χ0) is 24.2. The highest BCUT2D eigenvalue weighted by Crippen LogP contribution is 2.36. The van der Waals surface area contributed by atoms with Crippen molar-refractivity contribution >= 4 is 45.4 Å². The van der Waals surface area contributed by atoms with Crippen LogP contribution in [0.15, 0.2) is 82.7 Å². The summed E-state index contributed by atoms with van der Waals surface area (Å²) < 4.78 is 12.4. The molecule has 0 saturated heterocycles. The first-order valence-corrected chi connectivity index (χ1v) is 13.3. The van der Waals surface area contributed by atoms with E-state index in [0.717, 1.165) is 33.0 Å². The van der Waals surface area contributed by atoms with Gasteiger partial charge in [-0.1, -0.05) is 42.1 Å². The highest BCUT2D eigenvalue weighted by Gasteiger charge is 2.24. The van der Waals surface area contributed by atoms with Crippen LogP contribution in [0, 0.1) is 0 Å². The molecule has 1 aliphatic rings. The number of aromatic amines is 1. The monoisotopic (exact) mass is 504 g/mol. The van der Waals surface area contributed by atoms with Crippen LogP contribution in [-0.4, -0.2) is 39.2 Å². The number of nitrogens with zero attached hydrogens (tertiary/aromatic N) is 1. The number of rotatable bonds is 9. The molecule has 6 nitrogen and oxygen atoms in total. The van der Waals surface area contributed by atoms with Crippen molar-refractivity contribution < 1.29 is 19.4 Å². The summed E-state index contributed by atoms with van der Waals surface area (Å²) in [5.41, 5.74) is 2.77. The normalized spacial score (nSPS) is 15.2. The van der Waals surface area contributed by atoms with Gasteiger partial charge in [-0.15, -0.1) is 11.8 Å². The summed E-state index contributed by atoms with van der Waals surface area (Å²) in [5, 5.41) is 10.8. The standard InChI is InChI=1S/C27H24N2O4S2/c1-34-21-9-7-19(8-10-21)33-20-11-18-12-23(27-28-15-22(35-27)14-25(30)31)29-26(18)24(13-20)32-16-17-5-3-2-4-6-17/h2-13,22,29H,14-16H2,1H3,(H,30,31). The fraction of sp³-hybridized carbons (Fsp3) is 0.185. The number of carboxylic acids is 1. The number of nitrogens with one attached hydrogen (secondary N) is 1. The quantitative estimate of drug-likeness (QED) is 0.250. The number of carboxylic acid groups (broad SMARTS) is 1. The average molecular weight is 505 g/mol. The first-order chi connectivity index (χ1) is 17.1. The second kappa shape index (κ2) is 10.5. The molecule has 0 aliphatic carbocycles. The molecule has 2 N–H and O–H groups in total. The van der Waals surface area contributed by atoms with Gasteiger partial charge in [0.1, 0.15) is 28.9 Å². The maximum atomic E-state index is 11.1. The van der Waals surface area contributed by atoms with Crippen LogP contribution in [0.4, 0.5) is 0 Å². The smallest absolute Gasteiger partial charge is 0.304 e. The number of aromatic nitrogens is 1. The Labute approximate surface area is 211 Å². The largest absolute Gasteiger partial charge is 0.487 e. The van der Waals surface area contributed by atoms with Crippen molar-refractivity contribution in [3.05, 3.63) is 84.1 Å². The lowest BCUT2D eigenvalue weighted by Gasteiger charge is -2.11. The van der Waals surface area contributed by atoms with E-state index in [1.807, 2.05) is 79.1 Å². The summed E-state index contributed by atoms with van der Waals surface area (Å²) in [4.78, 5) is 20.3. The Morgan fingerprint density at radius 3 is 2.66 bits per heavy atom. The van der Waals surface area contributed by atoms with Gasteiger partial charge < -0.3 is 19.6 Å². The maximum Gasteiger partial charge on any atom is 0.304 e. The van der Waals surface area contributed by atoms with Crippen LogP contribution in [0.1, 0.15) is 17.7 Å². The number of hydrogen-bond donors (Lipinski definition) is 2. The summed E-state index contributed by atoms with van der Waals surface area (Å²) in [5.74, 6) is 1.30. The third-order valence-corrected chi connectivity index (χ3v) is 7.51. The van der Waals surface area contributed by atoms with Crippen molar-refractivity contribution in [3.8, 4) is 17.2 Å². The van der Waals surface area contributed by atoms with E-state index in [9.17, 15) is 4.79 Å². The van der Waals surface area contributed by atoms with E-state index in [4.69, 9.17) is 14.6 Å². The first kappa shape index (κ1) is 23.4. The molecule has 2 heterocycles. The minimum absolute atomic E-state index is 0.0501. The molecule has 5 rings (SSSR count). The molecule has 1 atom stereocenters. The molecular weight excluding hydrogens is 480 g/mol. The molecule has 4 aromatic rings. The van der Waals surface area contributed by atoms with E-state index in [2.05, 4.69) is 9.98 Å². The van der Waals surface area contributed by atoms with E-state index in [0.29, 0.717) is 24.7 Å². The van der Waals surface area contributed by atoms with Gasteiger partial charge in [0.05, 0.1) is 24.2 Å². The maximum absolute atomic E-state index is 11.1. The number of fused-ring (bicyclic) bond motifs is 1. The number of ether oxygens (including phenoxy) is 2. The van der Waals surface area contributed by atoms with Crippen LogP contribution in [0.5, 0.6) is 17.2 Å². The van der Waals surface area contributed by atoms with E-state index in [1.54, 1.807) is 11.8 Å². The molecule has 1 aromatic heterocycles. The van der Waals surface area contributed by atoms with Crippen LogP contribution < -0.4 is 9.47 Å². The fourth-order valence-corrected chi connectivity index (χ4v) is 5.34. The first-order valence-electron chi connectivity index (χ1n) is 11.2. The molecule has 1 unspecified atom stereocenters. The zero-order valence-electron chi connectivity index (χ0n) is 19.1. The van der Waals surface area contributed by atoms with E-state index in [-0.39, 0.29) is 11.7 Å². The number of thioether (sulfide) groups is 2. The lowest BCUT2D eigenvalue weighted by atomic mass is 10.2. The van der Waals surface area contributed by atoms with Gasteiger partial charge in [0.15, 0.2) is 0 Å². The number of H-pyrrole nitrogens is 1. The van der Waals surface area contributed by atoms with Gasteiger partial charge >= 0.3 is 5.97 Å². The predicted molar refractivity (Wildman–Crippen MR) is 142 cm³/mol. The van der Waals surface area contributed by atoms with Crippen molar-refractivity contribution in [1.82, 2.24) is 4.98 Å². The van der Waals surface area contributed by atoms with E-state index < -0.39 is 5.97 Å². The fourth-order valence-electron chi connectivity index (χ4n) is 3.85. The molecule has 0 saturated carbocycles. The molecule has 0 spiro atoms. The second-order valence-corrected chi connectivity index (χ2v) is 10.3. The highest BCUT2D eigenvalue weighted by molar-refractivity contribution is 8.15. The van der Waals surface area contributed by atoms with Crippen LogP contribution in [-0.2, 0) is 11.4 Å². The zero-order valence-corrected chi connectivity index (χ0v) is 20.7. The van der Waals surface area contributed by atoms with Crippen molar-refractivity contribution in [1.29, 1.82) is 0 Å². The predicted octanol–water partition coefficient (Wildman–Crippen LogP) is 6.60. The van der Waals surface area contributed by atoms with Crippen LogP contribution in [0.25, 0.3) is 10.9 Å². The number of aliphatic imine (C=N–C) groups is 1. The molecule has 35 heavy (non-hydrogen) atoms. The number of benzene rings is 3. The van der Waals surface area contributed by atoms with Gasteiger partial charge in [0.25, 0.3) is 0 Å². The third kappa shape index (κ3) is 5.66. The minimum atomic E-state index is -0.806. The lowest BCUT2D eigenvalue weighted by molar-refractivity contribution is -0.136. The summed E-state index contributed by atoms with van der Waals surface area (Å²) in [7, 11) is 0. The second-order valence-electron chi connectivity index (χ2n) is 8.10. The van der Waals surface area contributed by atoms with Crippen molar-refractivity contribution in [2.45, 2.75) is 23.2 Å². The van der Waals surface area contributed by atoms with Gasteiger partial charge in [0, 0.05) is 21.6 Å². The summed E-state index contributed by atoms with van der Waals surface area (Å²) in [6.07, 6.45) is 2.14. The highest BCUT2D eigenvalue weighted by atomic mass is 32.2. The Morgan fingerprint density at radius 1 is 1.11 bits per heavy atom. The van der Waals surface area contributed by atoms with Crippen molar-refractivity contribution in [2.24, 2.45) is 4.99 Å². The Kier molecular flexibility index (Phi) is 7.01. The number of hydrogen-bond acceptors (Lipinski definition) is 6. The number of carbonyl (C=O) groups is 1. The number of aliphatic carboxylic acids is 1. The Balaban J connectivity index is 1.45.